The van der Waals surface area contributed by atoms with E-state index in [1.807, 2.05) is 6.92 Å². The van der Waals surface area contributed by atoms with E-state index in [0.717, 1.165) is 0 Å². The maximum Gasteiger partial charge on any atom is 0.163 e. The summed E-state index contributed by atoms with van der Waals surface area (Å²) in [5, 5.41) is 0. The highest BCUT2D eigenvalue weighted by Crippen LogP contribution is 2.22. The Kier molecular flexibility index (Phi) is 5.35. The Labute approximate surface area is 113 Å². The molecule has 0 heterocycles. The molecular weight excluding hydrogens is 266 g/mol. The zero-order valence-corrected chi connectivity index (χ0v) is 12.0. The van der Waals surface area contributed by atoms with E-state index >= 15 is 0 Å². The standard InChI is InChI=1S/C13H19NO4S/c1-3-7-19(16,17)8-6-18-13-5-4-11(14)9-12(13)10(2)15/h4-5,9H,3,6-8,14H2,1-2H3. The number of carbonyl (C=O) groups excluding carboxylic acids is 1. The van der Waals surface area contributed by atoms with Gasteiger partial charge in [-0.15, -0.1) is 0 Å². The minimum atomic E-state index is -3.08. The van der Waals surface area contributed by atoms with Gasteiger partial charge in [-0.2, -0.15) is 0 Å². The number of carbonyl (C=O) groups is 1. The molecule has 5 nitrogen and oxygen atoms in total. The minimum absolute atomic E-state index is 0.0343. The molecule has 0 aliphatic rings. The topological polar surface area (TPSA) is 86.5 Å². The summed E-state index contributed by atoms with van der Waals surface area (Å²) in [5.74, 6) is 0.298. The number of hydrogen-bond donors (Lipinski definition) is 1. The molecule has 0 aliphatic heterocycles. The van der Waals surface area contributed by atoms with Crippen LogP contribution in [0.25, 0.3) is 0 Å². The Morgan fingerprint density at radius 3 is 2.58 bits per heavy atom. The second-order valence-electron chi connectivity index (χ2n) is 4.31. The van der Waals surface area contributed by atoms with Crippen molar-refractivity contribution in [1.82, 2.24) is 0 Å². The number of nitrogens with two attached hydrogens (primary N) is 1. The van der Waals surface area contributed by atoms with Gasteiger partial charge >= 0.3 is 0 Å². The van der Waals surface area contributed by atoms with Gasteiger partial charge in [0.1, 0.15) is 12.4 Å². The Morgan fingerprint density at radius 1 is 1.32 bits per heavy atom. The number of ether oxygens (including phenoxy) is 1. The Balaban J connectivity index is 2.71. The smallest absolute Gasteiger partial charge is 0.163 e. The quantitative estimate of drug-likeness (QED) is 0.608. The van der Waals surface area contributed by atoms with Crippen LogP contribution in [0.1, 0.15) is 30.6 Å². The van der Waals surface area contributed by atoms with Gasteiger partial charge in [0.15, 0.2) is 15.6 Å². The van der Waals surface area contributed by atoms with E-state index in [9.17, 15) is 13.2 Å². The molecule has 0 spiro atoms. The van der Waals surface area contributed by atoms with Crippen LogP contribution < -0.4 is 10.5 Å². The van der Waals surface area contributed by atoms with Crippen molar-refractivity contribution in [3.8, 4) is 5.75 Å². The van der Waals surface area contributed by atoms with E-state index in [2.05, 4.69) is 0 Å². The zero-order valence-electron chi connectivity index (χ0n) is 11.2. The number of rotatable bonds is 7. The highest BCUT2D eigenvalue weighted by Gasteiger charge is 2.12. The van der Waals surface area contributed by atoms with Gasteiger partial charge in [-0.05, 0) is 31.5 Å². The van der Waals surface area contributed by atoms with E-state index in [1.54, 1.807) is 12.1 Å². The zero-order chi connectivity index (χ0) is 14.5. The van der Waals surface area contributed by atoms with Crippen LogP contribution in [0.15, 0.2) is 18.2 Å². The fraction of sp³-hybridized carbons (Fsp3) is 0.462. The molecule has 0 aromatic heterocycles. The third kappa shape index (κ3) is 4.90. The summed E-state index contributed by atoms with van der Waals surface area (Å²) >= 11 is 0. The molecule has 0 radical (unpaired) electrons. The molecule has 0 fully saturated rings. The largest absolute Gasteiger partial charge is 0.492 e. The molecule has 19 heavy (non-hydrogen) atoms. The average molecular weight is 285 g/mol. The van der Waals surface area contributed by atoms with Crippen LogP contribution >= 0.6 is 0 Å². The maximum atomic E-state index is 11.5. The van der Waals surface area contributed by atoms with Gasteiger partial charge in [-0.3, -0.25) is 4.79 Å². The molecule has 0 atom stereocenters. The van der Waals surface area contributed by atoms with Crippen molar-refractivity contribution in [3.63, 3.8) is 0 Å². The Hall–Kier alpha value is -1.56. The lowest BCUT2D eigenvalue weighted by Gasteiger charge is -2.10. The third-order valence-corrected chi connectivity index (χ3v) is 4.37. The molecule has 1 aromatic rings. The van der Waals surface area contributed by atoms with Crippen LogP contribution in [0.4, 0.5) is 5.69 Å². The first-order chi connectivity index (χ1) is 8.85. The summed E-state index contributed by atoms with van der Waals surface area (Å²) in [6.07, 6.45) is 0.586. The van der Waals surface area contributed by atoms with Crippen molar-refractivity contribution in [2.75, 3.05) is 23.8 Å². The van der Waals surface area contributed by atoms with E-state index in [-0.39, 0.29) is 23.9 Å². The van der Waals surface area contributed by atoms with Crippen molar-refractivity contribution >= 4 is 21.3 Å². The van der Waals surface area contributed by atoms with Gasteiger partial charge in [-0.25, -0.2) is 8.42 Å². The first kappa shape index (κ1) is 15.5. The molecule has 0 saturated carbocycles. The van der Waals surface area contributed by atoms with E-state index in [4.69, 9.17) is 10.5 Å². The van der Waals surface area contributed by atoms with E-state index in [0.29, 0.717) is 23.4 Å². The fourth-order valence-corrected chi connectivity index (χ4v) is 2.80. The van der Waals surface area contributed by atoms with Crippen LogP contribution in [0.2, 0.25) is 0 Å². The van der Waals surface area contributed by atoms with Crippen molar-refractivity contribution in [2.24, 2.45) is 0 Å². The van der Waals surface area contributed by atoms with Crippen LogP contribution in [0, 0.1) is 0 Å². The predicted octanol–water partition coefficient (Wildman–Crippen LogP) is 1.68. The van der Waals surface area contributed by atoms with E-state index < -0.39 is 9.84 Å². The van der Waals surface area contributed by atoms with Gasteiger partial charge in [0.25, 0.3) is 0 Å². The molecule has 1 rings (SSSR count). The summed E-state index contributed by atoms with van der Waals surface area (Å²) in [6, 6.07) is 4.72. The molecule has 6 heteroatoms. The number of Topliss-reactive ketones (excluding diaryl/α,β-unsaturated/α-hetero) is 1. The minimum Gasteiger partial charge on any atom is -0.492 e. The first-order valence-corrected chi connectivity index (χ1v) is 7.91. The average Bonchev–Trinajstić information content (AvgIpc) is 2.30. The number of benzene rings is 1. The monoisotopic (exact) mass is 285 g/mol. The van der Waals surface area contributed by atoms with Crippen molar-refractivity contribution in [3.05, 3.63) is 23.8 Å². The van der Waals surface area contributed by atoms with Crippen molar-refractivity contribution in [1.29, 1.82) is 0 Å². The summed E-state index contributed by atoms with van der Waals surface area (Å²) < 4.78 is 28.4. The van der Waals surface area contributed by atoms with Gasteiger partial charge in [0.2, 0.25) is 0 Å². The molecule has 0 unspecified atom stereocenters. The molecule has 0 bridgehead atoms. The molecular formula is C13H19NO4S. The molecule has 106 valence electrons. The second-order valence-corrected chi connectivity index (χ2v) is 6.62. The SMILES string of the molecule is CCCS(=O)(=O)CCOc1ccc(N)cc1C(C)=O. The number of anilines is 1. The number of ketones is 1. The molecule has 2 N–H and O–H groups in total. The summed E-state index contributed by atoms with van der Waals surface area (Å²) in [5.41, 5.74) is 6.44. The van der Waals surface area contributed by atoms with Crippen LogP contribution in [0.3, 0.4) is 0 Å². The first-order valence-electron chi connectivity index (χ1n) is 6.09. The summed E-state index contributed by atoms with van der Waals surface area (Å²) in [4.78, 5) is 11.4. The van der Waals surface area contributed by atoms with Crippen LogP contribution in [-0.4, -0.2) is 32.3 Å². The molecule has 0 saturated heterocycles. The number of hydrogen-bond acceptors (Lipinski definition) is 5. The summed E-state index contributed by atoms with van der Waals surface area (Å²) in [7, 11) is -3.08. The molecule has 0 amide bonds. The van der Waals surface area contributed by atoms with Gasteiger partial charge in [0, 0.05) is 5.69 Å². The highest BCUT2D eigenvalue weighted by atomic mass is 32.2. The molecule has 0 aliphatic carbocycles. The lowest BCUT2D eigenvalue weighted by molar-refractivity contribution is 0.101. The van der Waals surface area contributed by atoms with Gasteiger partial charge in [-0.1, -0.05) is 6.92 Å². The Morgan fingerprint density at radius 2 is 2.00 bits per heavy atom. The maximum absolute atomic E-state index is 11.5. The second kappa shape index (κ2) is 6.56. The van der Waals surface area contributed by atoms with Crippen molar-refractivity contribution in [2.45, 2.75) is 20.3 Å². The number of nitrogen functional groups attached to an aromatic ring is 1. The molecule has 1 aromatic carbocycles. The van der Waals surface area contributed by atoms with Gasteiger partial charge < -0.3 is 10.5 Å². The van der Waals surface area contributed by atoms with E-state index in [1.165, 1.54) is 13.0 Å². The summed E-state index contributed by atoms with van der Waals surface area (Å²) in [6.45, 7) is 3.26. The van der Waals surface area contributed by atoms with Crippen LogP contribution in [-0.2, 0) is 9.84 Å². The highest BCUT2D eigenvalue weighted by molar-refractivity contribution is 7.91. The normalized spacial score (nSPS) is 11.3. The number of sulfone groups is 1. The lowest BCUT2D eigenvalue weighted by atomic mass is 10.1. The Bertz CT molecular complexity index is 552. The van der Waals surface area contributed by atoms with Crippen LogP contribution in [0.5, 0.6) is 5.75 Å². The fourth-order valence-electron chi connectivity index (χ4n) is 1.64. The lowest BCUT2D eigenvalue weighted by Crippen LogP contribution is -2.17. The third-order valence-electron chi connectivity index (χ3n) is 2.55. The van der Waals surface area contributed by atoms with Gasteiger partial charge in [0.05, 0.1) is 17.1 Å². The van der Waals surface area contributed by atoms with Crippen molar-refractivity contribution < 1.29 is 17.9 Å². The predicted molar refractivity (Wildman–Crippen MR) is 75.3 cm³/mol.